The summed E-state index contributed by atoms with van der Waals surface area (Å²) < 4.78 is 13.7. The molecule has 120 valence electrons. The van der Waals surface area contributed by atoms with Gasteiger partial charge in [0.1, 0.15) is 5.82 Å². The Morgan fingerprint density at radius 2 is 1.76 bits per heavy atom. The van der Waals surface area contributed by atoms with Gasteiger partial charge < -0.3 is 0 Å². The van der Waals surface area contributed by atoms with Gasteiger partial charge in [-0.2, -0.15) is 0 Å². The van der Waals surface area contributed by atoms with Crippen molar-refractivity contribution in [2.45, 2.75) is 59.0 Å². The first-order valence-electron chi connectivity index (χ1n) is 7.97. The molecule has 1 aromatic rings. The van der Waals surface area contributed by atoms with E-state index in [-0.39, 0.29) is 17.4 Å². The Hall–Kier alpha value is -0.970. The number of hydrazine groups is 1. The van der Waals surface area contributed by atoms with Gasteiger partial charge in [-0.3, -0.25) is 16.2 Å². The molecule has 1 atom stereocenters. The standard InChI is InChI=1S/C17H30FN3/c1-6-17(7-2,21(8-3)9-4)16(20-19)15-12-14(18)11-10-13(15)5/h10-12,16,20H,6-9,19H2,1-5H3. The molecular formula is C17H30FN3. The van der Waals surface area contributed by atoms with Crippen LogP contribution < -0.4 is 11.3 Å². The number of hydrogen-bond donors (Lipinski definition) is 2. The van der Waals surface area contributed by atoms with Crippen molar-refractivity contribution < 1.29 is 4.39 Å². The molecule has 0 saturated carbocycles. The molecule has 0 bridgehead atoms. The minimum absolute atomic E-state index is 0.0944. The third-order valence-electron chi connectivity index (χ3n) is 4.87. The molecule has 0 aromatic heterocycles. The second kappa shape index (κ2) is 7.87. The van der Waals surface area contributed by atoms with E-state index in [1.165, 1.54) is 6.07 Å². The van der Waals surface area contributed by atoms with Crippen LogP contribution in [-0.4, -0.2) is 23.5 Å². The molecule has 21 heavy (non-hydrogen) atoms. The Kier molecular flexibility index (Phi) is 6.78. The van der Waals surface area contributed by atoms with E-state index >= 15 is 0 Å². The predicted octanol–water partition coefficient (Wildman–Crippen LogP) is 3.54. The Morgan fingerprint density at radius 3 is 2.19 bits per heavy atom. The topological polar surface area (TPSA) is 41.3 Å². The lowest BCUT2D eigenvalue weighted by molar-refractivity contribution is 0.0484. The monoisotopic (exact) mass is 295 g/mol. The zero-order chi connectivity index (χ0) is 16.0. The fourth-order valence-electron chi connectivity index (χ4n) is 3.60. The highest BCUT2D eigenvalue weighted by molar-refractivity contribution is 5.32. The first kappa shape index (κ1) is 18.1. The Bertz CT molecular complexity index is 440. The average Bonchev–Trinajstić information content (AvgIpc) is 2.50. The molecule has 0 saturated heterocycles. The number of nitrogens with one attached hydrogen (secondary N) is 1. The van der Waals surface area contributed by atoms with Gasteiger partial charge in [0.25, 0.3) is 0 Å². The Balaban J connectivity index is 3.40. The minimum atomic E-state index is -0.212. The molecule has 0 aliphatic rings. The van der Waals surface area contributed by atoms with E-state index < -0.39 is 0 Å². The van der Waals surface area contributed by atoms with Gasteiger partial charge >= 0.3 is 0 Å². The van der Waals surface area contributed by atoms with Gasteiger partial charge in [0.15, 0.2) is 0 Å². The summed E-state index contributed by atoms with van der Waals surface area (Å²) in [6.45, 7) is 12.6. The molecule has 3 nitrogen and oxygen atoms in total. The molecule has 0 aliphatic carbocycles. The van der Waals surface area contributed by atoms with Crippen LogP contribution in [0.25, 0.3) is 0 Å². The molecule has 0 fully saturated rings. The van der Waals surface area contributed by atoms with Crippen LogP contribution in [0.15, 0.2) is 18.2 Å². The number of halogens is 1. The van der Waals surface area contributed by atoms with Crippen LogP contribution >= 0.6 is 0 Å². The molecule has 0 spiro atoms. The highest BCUT2D eigenvalue weighted by Crippen LogP contribution is 2.38. The number of nitrogens with zero attached hydrogens (tertiary/aromatic N) is 1. The van der Waals surface area contributed by atoms with Crippen LogP contribution in [0.1, 0.15) is 57.7 Å². The molecular weight excluding hydrogens is 265 g/mol. The summed E-state index contributed by atoms with van der Waals surface area (Å²) in [5, 5.41) is 0. The van der Waals surface area contributed by atoms with Gasteiger partial charge in [-0.25, -0.2) is 4.39 Å². The zero-order valence-corrected chi connectivity index (χ0v) is 14.0. The van der Waals surface area contributed by atoms with E-state index in [1.807, 2.05) is 13.0 Å². The fraction of sp³-hybridized carbons (Fsp3) is 0.647. The second-order valence-electron chi connectivity index (χ2n) is 5.58. The van der Waals surface area contributed by atoms with Crippen molar-refractivity contribution in [3.05, 3.63) is 35.1 Å². The smallest absolute Gasteiger partial charge is 0.123 e. The van der Waals surface area contributed by atoms with E-state index in [1.54, 1.807) is 6.07 Å². The van der Waals surface area contributed by atoms with E-state index in [0.29, 0.717) is 0 Å². The van der Waals surface area contributed by atoms with Crippen molar-refractivity contribution in [2.75, 3.05) is 13.1 Å². The molecule has 1 rings (SSSR count). The van der Waals surface area contributed by atoms with Crippen LogP contribution in [0.5, 0.6) is 0 Å². The average molecular weight is 295 g/mol. The van der Waals surface area contributed by atoms with E-state index in [4.69, 9.17) is 5.84 Å². The third-order valence-corrected chi connectivity index (χ3v) is 4.87. The van der Waals surface area contributed by atoms with Crippen LogP contribution in [-0.2, 0) is 0 Å². The summed E-state index contributed by atoms with van der Waals surface area (Å²) >= 11 is 0. The summed E-state index contributed by atoms with van der Waals surface area (Å²) in [4.78, 5) is 2.43. The van der Waals surface area contributed by atoms with Crippen molar-refractivity contribution >= 4 is 0 Å². The van der Waals surface area contributed by atoms with E-state index in [2.05, 4.69) is 38.0 Å². The van der Waals surface area contributed by atoms with Crippen LogP contribution in [0, 0.1) is 12.7 Å². The summed E-state index contributed by atoms with van der Waals surface area (Å²) in [6.07, 6.45) is 1.91. The van der Waals surface area contributed by atoms with Crippen molar-refractivity contribution in [2.24, 2.45) is 5.84 Å². The lowest BCUT2D eigenvalue weighted by atomic mass is 9.78. The first-order valence-corrected chi connectivity index (χ1v) is 7.97. The summed E-state index contributed by atoms with van der Waals surface area (Å²) in [7, 11) is 0. The molecule has 1 aromatic carbocycles. The lowest BCUT2D eigenvalue weighted by Gasteiger charge is -2.48. The maximum atomic E-state index is 13.7. The Labute approximate surface area is 128 Å². The van der Waals surface area contributed by atoms with Crippen molar-refractivity contribution in [1.29, 1.82) is 0 Å². The molecule has 4 heteroatoms. The summed E-state index contributed by atoms with van der Waals surface area (Å²) in [6, 6.07) is 4.85. The van der Waals surface area contributed by atoms with Crippen LogP contribution in [0.2, 0.25) is 0 Å². The normalized spacial score (nSPS) is 13.7. The zero-order valence-electron chi connectivity index (χ0n) is 14.0. The van der Waals surface area contributed by atoms with Crippen molar-refractivity contribution in [1.82, 2.24) is 10.3 Å². The van der Waals surface area contributed by atoms with Crippen LogP contribution in [0.4, 0.5) is 4.39 Å². The molecule has 1 unspecified atom stereocenters. The van der Waals surface area contributed by atoms with Gasteiger partial charge in [0.2, 0.25) is 0 Å². The maximum Gasteiger partial charge on any atom is 0.123 e. The first-order chi connectivity index (χ1) is 10.00. The summed E-state index contributed by atoms with van der Waals surface area (Å²) in [5.41, 5.74) is 4.88. The third kappa shape index (κ3) is 3.44. The minimum Gasteiger partial charge on any atom is -0.296 e. The van der Waals surface area contributed by atoms with Gasteiger partial charge in [0.05, 0.1) is 6.04 Å². The highest BCUT2D eigenvalue weighted by Gasteiger charge is 2.40. The molecule has 0 radical (unpaired) electrons. The summed E-state index contributed by atoms with van der Waals surface area (Å²) in [5.74, 6) is 5.70. The number of likely N-dealkylation sites (N-methyl/N-ethyl adjacent to an activating group) is 1. The number of aryl methyl sites for hydroxylation is 1. The maximum absolute atomic E-state index is 13.7. The molecule has 3 N–H and O–H groups in total. The number of rotatable bonds is 8. The van der Waals surface area contributed by atoms with Crippen LogP contribution in [0.3, 0.4) is 0 Å². The van der Waals surface area contributed by atoms with Gasteiger partial charge in [-0.1, -0.05) is 33.8 Å². The molecule has 0 aliphatic heterocycles. The number of hydrogen-bond acceptors (Lipinski definition) is 3. The quantitative estimate of drug-likeness (QED) is 0.569. The SMILES string of the molecule is CCN(CC)C(CC)(CC)C(NN)c1cc(F)ccc1C. The fourth-order valence-corrected chi connectivity index (χ4v) is 3.60. The van der Waals surface area contributed by atoms with E-state index in [0.717, 1.165) is 37.1 Å². The molecule has 0 amide bonds. The van der Waals surface area contributed by atoms with Gasteiger partial charge in [-0.05, 0) is 56.1 Å². The van der Waals surface area contributed by atoms with E-state index in [9.17, 15) is 4.39 Å². The highest BCUT2D eigenvalue weighted by atomic mass is 19.1. The molecule has 0 heterocycles. The lowest BCUT2D eigenvalue weighted by Crippen LogP contribution is -2.57. The second-order valence-corrected chi connectivity index (χ2v) is 5.58. The Morgan fingerprint density at radius 1 is 1.19 bits per heavy atom. The van der Waals surface area contributed by atoms with Crippen molar-refractivity contribution in [3.63, 3.8) is 0 Å². The predicted molar refractivity (Wildman–Crippen MR) is 87.4 cm³/mol. The van der Waals surface area contributed by atoms with Gasteiger partial charge in [-0.15, -0.1) is 0 Å². The number of benzene rings is 1. The number of nitrogens with two attached hydrogens (primary N) is 1. The van der Waals surface area contributed by atoms with Gasteiger partial charge in [0, 0.05) is 5.54 Å². The van der Waals surface area contributed by atoms with Crippen molar-refractivity contribution in [3.8, 4) is 0 Å². The largest absolute Gasteiger partial charge is 0.296 e.